The molecule has 2 aromatic rings. The van der Waals surface area contributed by atoms with Crippen molar-refractivity contribution in [2.45, 2.75) is 38.6 Å². The summed E-state index contributed by atoms with van der Waals surface area (Å²) in [6.07, 6.45) is 5.06. The highest BCUT2D eigenvalue weighted by Crippen LogP contribution is 2.23. The minimum atomic E-state index is -1.67. The zero-order valence-electron chi connectivity index (χ0n) is 15.3. The van der Waals surface area contributed by atoms with Crippen molar-refractivity contribution in [2.75, 3.05) is 11.9 Å². The summed E-state index contributed by atoms with van der Waals surface area (Å²) in [7, 11) is 0. The fourth-order valence-electron chi connectivity index (χ4n) is 3.35. The molecule has 1 unspecified atom stereocenters. The highest BCUT2D eigenvalue weighted by molar-refractivity contribution is 6.05. The lowest BCUT2D eigenvalue weighted by Gasteiger charge is -2.35. The van der Waals surface area contributed by atoms with E-state index >= 15 is 0 Å². The normalized spacial score (nSPS) is 16.7. The van der Waals surface area contributed by atoms with Gasteiger partial charge in [-0.25, -0.2) is 13.2 Å². The van der Waals surface area contributed by atoms with Gasteiger partial charge in [-0.2, -0.15) is 0 Å². The molecular formula is C20H20F3N3O2. The number of pyridine rings is 1. The molecule has 28 heavy (non-hydrogen) atoms. The van der Waals surface area contributed by atoms with Crippen LogP contribution >= 0.6 is 0 Å². The number of carbonyl (C=O) groups is 2. The Morgan fingerprint density at radius 3 is 2.71 bits per heavy atom. The van der Waals surface area contributed by atoms with Crippen molar-refractivity contribution in [2.24, 2.45) is 0 Å². The van der Waals surface area contributed by atoms with Crippen molar-refractivity contribution in [3.05, 3.63) is 59.2 Å². The van der Waals surface area contributed by atoms with Gasteiger partial charge in [0.2, 0.25) is 0 Å². The molecule has 5 nitrogen and oxygen atoms in total. The standard InChI is InChI=1S/C20H20F3N3O2/c1-2-13-5-3-4-10-26(13)20(28)16-11-12(8-9-24-16)19(27)25-15-7-6-14(21)17(22)18(15)23/h6-9,11,13H,2-5,10H2,1H3,(H,25,27). The number of nitrogens with zero attached hydrogens (tertiary/aromatic N) is 2. The summed E-state index contributed by atoms with van der Waals surface area (Å²) < 4.78 is 40.1. The Bertz CT molecular complexity index is 904. The van der Waals surface area contributed by atoms with E-state index in [2.05, 4.69) is 10.3 Å². The summed E-state index contributed by atoms with van der Waals surface area (Å²) in [4.78, 5) is 31.0. The summed E-state index contributed by atoms with van der Waals surface area (Å²) in [6.45, 7) is 2.65. The molecule has 0 aliphatic carbocycles. The Morgan fingerprint density at radius 1 is 1.18 bits per heavy atom. The third-order valence-electron chi connectivity index (χ3n) is 4.88. The number of benzene rings is 1. The topological polar surface area (TPSA) is 62.3 Å². The molecule has 2 heterocycles. The molecule has 148 valence electrons. The monoisotopic (exact) mass is 391 g/mol. The fraction of sp³-hybridized carbons (Fsp3) is 0.350. The van der Waals surface area contributed by atoms with Gasteiger partial charge in [0.15, 0.2) is 17.5 Å². The first kappa shape index (κ1) is 19.9. The van der Waals surface area contributed by atoms with Crippen LogP contribution in [0.1, 0.15) is 53.5 Å². The molecule has 1 aromatic carbocycles. The third-order valence-corrected chi connectivity index (χ3v) is 4.88. The zero-order chi connectivity index (χ0) is 20.3. The fourth-order valence-corrected chi connectivity index (χ4v) is 3.35. The highest BCUT2D eigenvalue weighted by atomic mass is 19.2. The van der Waals surface area contributed by atoms with E-state index in [1.165, 1.54) is 18.3 Å². The van der Waals surface area contributed by atoms with Gasteiger partial charge in [-0.1, -0.05) is 6.92 Å². The average molecular weight is 391 g/mol. The van der Waals surface area contributed by atoms with Crippen LogP contribution in [-0.2, 0) is 0 Å². The van der Waals surface area contributed by atoms with E-state index in [0.717, 1.165) is 37.8 Å². The maximum absolute atomic E-state index is 13.8. The van der Waals surface area contributed by atoms with E-state index in [1.54, 1.807) is 4.90 Å². The summed E-state index contributed by atoms with van der Waals surface area (Å²) in [5.41, 5.74) is -0.318. The van der Waals surface area contributed by atoms with Gasteiger partial charge in [0.05, 0.1) is 5.69 Å². The second kappa shape index (κ2) is 8.41. The smallest absolute Gasteiger partial charge is 0.272 e. The van der Waals surface area contributed by atoms with Gasteiger partial charge in [-0.15, -0.1) is 0 Å². The molecule has 8 heteroatoms. The van der Waals surface area contributed by atoms with Crippen LogP contribution in [0, 0.1) is 17.5 Å². The molecule has 1 aromatic heterocycles. The van der Waals surface area contributed by atoms with Crippen molar-refractivity contribution < 1.29 is 22.8 Å². The number of likely N-dealkylation sites (tertiary alicyclic amines) is 1. The lowest BCUT2D eigenvalue weighted by Crippen LogP contribution is -2.43. The van der Waals surface area contributed by atoms with Crippen LogP contribution in [0.5, 0.6) is 0 Å². The predicted octanol–water partition coefficient (Wildman–Crippen LogP) is 4.16. The van der Waals surface area contributed by atoms with Crippen LogP contribution < -0.4 is 5.32 Å². The average Bonchev–Trinajstić information content (AvgIpc) is 2.73. The Hall–Kier alpha value is -2.90. The Balaban J connectivity index is 1.80. The number of nitrogens with one attached hydrogen (secondary N) is 1. The number of amides is 2. The van der Waals surface area contributed by atoms with Crippen LogP contribution in [0.15, 0.2) is 30.5 Å². The largest absolute Gasteiger partial charge is 0.334 e. The van der Waals surface area contributed by atoms with Crippen molar-refractivity contribution in [3.8, 4) is 0 Å². The number of hydrogen-bond donors (Lipinski definition) is 1. The molecule has 1 aliphatic heterocycles. The van der Waals surface area contributed by atoms with Crippen LogP contribution in [0.25, 0.3) is 0 Å². The van der Waals surface area contributed by atoms with E-state index in [4.69, 9.17) is 0 Å². The first-order valence-electron chi connectivity index (χ1n) is 9.14. The molecule has 0 bridgehead atoms. The first-order chi connectivity index (χ1) is 13.4. The number of halogens is 3. The molecule has 0 radical (unpaired) electrons. The molecule has 1 fully saturated rings. The van der Waals surface area contributed by atoms with Gasteiger partial charge in [-0.05, 0) is 49.9 Å². The number of anilines is 1. The van der Waals surface area contributed by atoms with Gasteiger partial charge >= 0.3 is 0 Å². The second-order valence-electron chi connectivity index (χ2n) is 6.66. The maximum atomic E-state index is 13.8. The lowest BCUT2D eigenvalue weighted by molar-refractivity contribution is 0.0602. The van der Waals surface area contributed by atoms with Gasteiger partial charge in [-0.3, -0.25) is 14.6 Å². The van der Waals surface area contributed by atoms with Gasteiger partial charge in [0.1, 0.15) is 5.69 Å². The maximum Gasteiger partial charge on any atom is 0.272 e. The van der Waals surface area contributed by atoms with Gasteiger partial charge in [0, 0.05) is 24.3 Å². The van der Waals surface area contributed by atoms with Crippen LogP contribution in [0.4, 0.5) is 18.9 Å². The zero-order valence-corrected chi connectivity index (χ0v) is 15.3. The highest BCUT2D eigenvalue weighted by Gasteiger charge is 2.27. The number of rotatable bonds is 4. The van der Waals surface area contributed by atoms with E-state index in [9.17, 15) is 22.8 Å². The number of piperidine rings is 1. The molecule has 3 rings (SSSR count). The van der Waals surface area contributed by atoms with E-state index < -0.39 is 29.0 Å². The third kappa shape index (κ3) is 4.00. The van der Waals surface area contributed by atoms with Crippen molar-refractivity contribution >= 4 is 17.5 Å². The summed E-state index contributed by atoms with van der Waals surface area (Å²) in [5, 5.41) is 2.19. The van der Waals surface area contributed by atoms with Crippen molar-refractivity contribution in [1.82, 2.24) is 9.88 Å². The Labute approximate surface area is 160 Å². The van der Waals surface area contributed by atoms with Crippen molar-refractivity contribution in [1.29, 1.82) is 0 Å². The van der Waals surface area contributed by atoms with Gasteiger partial charge < -0.3 is 10.2 Å². The quantitative estimate of drug-likeness (QED) is 0.797. The second-order valence-corrected chi connectivity index (χ2v) is 6.66. The first-order valence-corrected chi connectivity index (χ1v) is 9.14. The van der Waals surface area contributed by atoms with Crippen molar-refractivity contribution in [3.63, 3.8) is 0 Å². The molecule has 1 atom stereocenters. The molecule has 1 saturated heterocycles. The molecule has 0 spiro atoms. The van der Waals surface area contributed by atoms with E-state index in [0.29, 0.717) is 6.54 Å². The van der Waals surface area contributed by atoms with Crippen LogP contribution in [0.2, 0.25) is 0 Å². The van der Waals surface area contributed by atoms with E-state index in [-0.39, 0.29) is 23.2 Å². The van der Waals surface area contributed by atoms with E-state index in [1.807, 2.05) is 6.92 Å². The molecule has 0 saturated carbocycles. The molecular weight excluding hydrogens is 371 g/mol. The summed E-state index contributed by atoms with van der Waals surface area (Å²) >= 11 is 0. The number of hydrogen-bond acceptors (Lipinski definition) is 3. The number of aromatic nitrogens is 1. The summed E-state index contributed by atoms with van der Waals surface area (Å²) in [5.74, 6) is -5.52. The Kier molecular flexibility index (Phi) is 5.96. The minimum Gasteiger partial charge on any atom is -0.334 e. The lowest BCUT2D eigenvalue weighted by atomic mass is 9.99. The van der Waals surface area contributed by atoms with Crippen LogP contribution in [-0.4, -0.2) is 34.3 Å². The predicted molar refractivity (Wildman–Crippen MR) is 97.5 cm³/mol. The Morgan fingerprint density at radius 2 is 1.96 bits per heavy atom. The SMILES string of the molecule is CCC1CCCCN1C(=O)c1cc(C(=O)Nc2ccc(F)c(F)c2F)ccn1. The van der Waals surface area contributed by atoms with Gasteiger partial charge in [0.25, 0.3) is 11.8 Å². The number of carbonyl (C=O) groups excluding carboxylic acids is 2. The summed E-state index contributed by atoms with van der Waals surface area (Å²) in [6, 6.07) is 4.46. The molecule has 1 N–H and O–H groups in total. The molecule has 2 amide bonds. The molecule has 1 aliphatic rings. The van der Waals surface area contributed by atoms with Crippen LogP contribution in [0.3, 0.4) is 0 Å². The minimum absolute atomic E-state index is 0.0625.